The predicted molar refractivity (Wildman–Crippen MR) is 96.8 cm³/mol. The summed E-state index contributed by atoms with van der Waals surface area (Å²) in [7, 11) is -4.02. The Balaban J connectivity index is 2.30. The van der Waals surface area contributed by atoms with Crippen LogP contribution in [0.25, 0.3) is 0 Å². The van der Waals surface area contributed by atoms with Crippen LogP contribution in [0.2, 0.25) is 0 Å². The summed E-state index contributed by atoms with van der Waals surface area (Å²) in [5, 5.41) is 0. The normalized spacial score (nSPS) is 12.8. The van der Waals surface area contributed by atoms with Crippen molar-refractivity contribution in [2.75, 3.05) is 13.1 Å². The Hall–Kier alpha value is -2.25. The molecule has 5 nitrogen and oxygen atoms in total. The van der Waals surface area contributed by atoms with Gasteiger partial charge in [-0.1, -0.05) is 44.2 Å². The Kier molecular flexibility index (Phi) is 6.50. The number of benzene rings is 2. The fourth-order valence-electron chi connectivity index (χ4n) is 2.55. The van der Waals surface area contributed by atoms with E-state index in [2.05, 4.69) is 0 Å². The molecule has 0 bridgehead atoms. The van der Waals surface area contributed by atoms with Crippen molar-refractivity contribution in [3.8, 4) is 0 Å². The molecule has 0 N–H and O–H groups in total. The topological polar surface area (TPSA) is 63.7 Å². The van der Waals surface area contributed by atoms with Gasteiger partial charge in [0.05, 0.1) is 5.56 Å². The maximum atomic E-state index is 14.1. The number of halogens is 1. The number of ether oxygens (including phenoxy) is 1. The van der Waals surface area contributed by atoms with Gasteiger partial charge < -0.3 is 4.74 Å². The molecule has 0 spiro atoms. The third-order valence-corrected chi connectivity index (χ3v) is 6.11. The second kappa shape index (κ2) is 8.42. The van der Waals surface area contributed by atoms with E-state index in [1.165, 1.54) is 6.07 Å². The molecule has 0 aliphatic heterocycles. The summed E-state index contributed by atoms with van der Waals surface area (Å²) in [4.78, 5) is 11.8. The first-order chi connectivity index (χ1) is 12.3. The highest BCUT2D eigenvalue weighted by atomic mass is 32.2. The Bertz CT molecular complexity index is 864. The van der Waals surface area contributed by atoms with Crippen LogP contribution in [-0.4, -0.2) is 31.8 Å². The molecule has 140 valence electrons. The molecule has 26 heavy (non-hydrogen) atoms. The Morgan fingerprint density at radius 1 is 1.12 bits per heavy atom. The molecule has 0 aliphatic carbocycles. The molecule has 0 saturated carbocycles. The van der Waals surface area contributed by atoms with Crippen LogP contribution in [0.5, 0.6) is 0 Å². The Labute approximate surface area is 153 Å². The van der Waals surface area contributed by atoms with Crippen molar-refractivity contribution in [3.05, 3.63) is 65.5 Å². The highest BCUT2D eigenvalue weighted by Crippen LogP contribution is 2.23. The first kappa shape index (κ1) is 20.1. The summed E-state index contributed by atoms with van der Waals surface area (Å²) < 4.78 is 45.8. The lowest BCUT2D eigenvalue weighted by atomic mass is 10.1. The average molecular weight is 379 g/mol. The molecule has 0 amide bonds. The SMILES string of the molecule is CCN(CC)S(=O)(=O)c1cc(C(=O)OC(C)c2ccccc2)ccc1F. The van der Waals surface area contributed by atoms with E-state index in [1.54, 1.807) is 20.8 Å². The number of rotatable bonds is 7. The molecule has 2 rings (SSSR count). The van der Waals surface area contributed by atoms with Crippen LogP contribution >= 0.6 is 0 Å². The molecule has 0 fully saturated rings. The summed E-state index contributed by atoms with van der Waals surface area (Å²) in [5.74, 6) is -1.61. The van der Waals surface area contributed by atoms with Crippen LogP contribution < -0.4 is 0 Å². The minimum atomic E-state index is -4.02. The van der Waals surface area contributed by atoms with Crippen molar-refractivity contribution in [1.29, 1.82) is 0 Å². The van der Waals surface area contributed by atoms with E-state index < -0.39 is 32.8 Å². The van der Waals surface area contributed by atoms with Crippen molar-refractivity contribution in [1.82, 2.24) is 4.31 Å². The Morgan fingerprint density at radius 2 is 1.73 bits per heavy atom. The molecule has 2 aromatic rings. The smallest absolute Gasteiger partial charge is 0.338 e. The van der Waals surface area contributed by atoms with Crippen LogP contribution in [0.15, 0.2) is 53.4 Å². The van der Waals surface area contributed by atoms with E-state index in [0.717, 1.165) is 22.0 Å². The van der Waals surface area contributed by atoms with E-state index in [1.807, 2.05) is 30.3 Å². The monoisotopic (exact) mass is 379 g/mol. The second-order valence-corrected chi connectivity index (χ2v) is 7.60. The van der Waals surface area contributed by atoms with Crippen LogP contribution in [-0.2, 0) is 14.8 Å². The number of carbonyl (C=O) groups is 1. The lowest BCUT2D eigenvalue weighted by Gasteiger charge is -2.19. The molecule has 0 saturated heterocycles. The standard InChI is InChI=1S/C19H22FNO4S/c1-4-21(5-2)26(23,24)18-13-16(11-12-17(18)20)19(22)25-14(3)15-9-7-6-8-10-15/h6-14H,4-5H2,1-3H3. The minimum Gasteiger partial charge on any atom is -0.454 e. The quantitative estimate of drug-likeness (QED) is 0.687. The van der Waals surface area contributed by atoms with Gasteiger partial charge in [-0.3, -0.25) is 0 Å². The van der Waals surface area contributed by atoms with E-state index >= 15 is 0 Å². The third-order valence-electron chi connectivity index (χ3n) is 4.04. The van der Waals surface area contributed by atoms with Crippen molar-refractivity contribution >= 4 is 16.0 Å². The third kappa shape index (κ3) is 4.28. The molecular weight excluding hydrogens is 357 g/mol. The molecule has 1 atom stereocenters. The number of sulfonamides is 1. The Morgan fingerprint density at radius 3 is 2.31 bits per heavy atom. The molecule has 7 heteroatoms. The maximum Gasteiger partial charge on any atom is 0.338 e. The van der Waals surface area contributed by atoms with Crippen LogP contribution in [0.4, 0.5) is 4.39 Å². The average Bonchev–Trinajstić information content (AvgIpc) is 2.63. The van der Waals surface area contributed by atoms with Gasteiger partial charge in [0.1, 0.15) is 16.8 Å². The molecule has 0 heterocycles. The van der Waals surface area contributed by atoms with Gasteiger partial charge >= 0.3 is 5.97 Å². The van der Waals surface area contributed by atoms with Crippen LogP contribution in [0.3, 0.4) is 0 Å². The summed E-state index contributed by atoms with van der Waals surface area (Å²) in [6, 6.07) is 12.4. The van der Waals surface area contributed by atoms with Crippen LogP contribution in [0.1, 0.15) is 42.8 Å². The van der Waals surface area contributed by atoms with E-state index in [0.29, 0.717) is 0 Å². The maximum absolute atomic E-state index is 14.1. The number of hydrogen-bond donors (Lipinski definition) is 0. The predicted octanol–water partition coefficient (Wildman–Crippen LogP) is 3.77. The summed E-state index contributed by atoms with van der Waals surface area (Å²) in [6.07, 6.45) is -0.517. The van der Waals surface area contributed by atoms with Gasteiger partial charge in [0.2, 0.25) is 10.0 Å². The summed E-state index contributed by atoms with van der Waals surface area (Å²) in [5.41, 5.74) is 0.791. The minimum absolute atomic E-state index is 0.0140. The van der Waals surface area contributed by atoms with Gasteiger partial charge in [0.15, 0.2) is 0 Å². The van der Waals surface area contributed by atoms with Gasteiger partial charge in [0, 0.05) is 13.1 Å². The van der Waals surface area contributed by atoms with Crippen molar-refractivity contribution in [2.45, 2.75) is 31.8 Å². The molecule has 2 aromatic carbocycles. The van der Waals surface area contributed by atoms with E-state index in [4.69, 9.17) is 4.74 Å². The fraction of sp³-hybridized carbons (Fsp3) is 0.316. The highest BCUT2D eigenvalue weighted by Gasteiger charge is 2.27. The highest BCUT2D eigenvalue weighted by molar-refractivity contribution is 7.89. The van der Waals surface area contributed by atoms with Gasteiger partial charge in [-0.05, 0) is 30.7 Å². The van der Waals surface area contributed by atoms with Gasteiger partial charge in [-0.15, -0.1) is 0 Å². The van der Waals surface area contributed by atoms with Crippen molar-refractivity contribution in [2.24, 2.45) is 0 Å². The van der Waals surface area contributed by atoms with Gasteiger partial charge in [-0.25, -0.2) is 17.6 Å². The van der Waals surface area contributed by atoms with E-state index in [-0.39, 0.29) is 18.7 Å². The van der Waals surface area contributed by atoms with E-state index in [9.17, 15) is 17.6 Å². The van der Waals surface area contributed by atoms with Gasteiger partial charge in [0.25, 0.3) is 0 Å². The first-order valence-corrected chi connectivity index (χ1v) is 9.80. The summed E-state index contributed by atoms with van der Waals surface area (Å²) >= 11 is 0. The van der Waals surface area contributed by atoms with Gasteiger partial charge in [-0.2, -0.15) is 4.31 Å². The lowest BCUT2D eigenvalue weighted by molar-refractivity contribution is 0.0337. The van der Waals surface area contributed by atoms with Crippen LogP contribution in [0, 0.1) is 5.82 Å². The molecule has 0 radical (unpaired) electrons. The number of carbonyl (C=O) groups excluding carboxylic acids is 1. The summed E-state index contributed by atoms with van der Waals surface area (Å²) in [6.45, 7) is 5.46. The second-order valence-electron chi connectivity index (χ2n) is 5.69. The molecular formula is C19H22FNO4S. The number of esters is 1. The molecule has 0 aliphatic rings. The zero-order valence-electron chi connectivity index (χ0n) is 15.0. The fourth-order valence-corrected chi connectivity index (χ4v) is 4.10. The number of hydrogen-bond acceptors (Lipinski definition) is 4. The zero-order chi connectivity index (χ0) is 19.3. The largest absolute Gasteiger partial charge is 0.454 e. The van der Waals surface area contributed by atoms with Crippen molar-refractivity contribution < 1.29 is 22.3 Å². The zero-order valence-corrected chi connectivity index (χ0v) is 15.8. The molecule has 0 aromatic heterocycles. The lowest BCUT2D eigenvalue weighted by Crippen LogP contribution is -2.31. The number of nitrogens with zero attached hydrogens (tertiary/aromatic N) is 1. The molecule has 1 unspecified atom stereocenters. The van der Waals surface area contributed by atoms with Crippen molar-refractivity contribution in [3.63, 3.8) is 0 Å². The first-order valence-electron chi connectivity index (χ1n) is 8.36.